The molecular weight excluding hydrogens is 312 g/mol. The van der Waals surface area contributed by atoms with Gasteiger partial charge in [-0.25, -0.2) is 0 Å². The van der Waals surface area contributed by atoms with Crippen molar-refractivity contribution in [3.63, 3.8) is 0 Å². The average Bonchev–Trinajstić information content (AvgIpc) is 2.45. The van der Waals surface area contributed by atoms with E-state index < -0.39 is 0 Å². The van der Waals surface area contributed by atoms with Crippen LogP contribution < -0.4 is 5.73 Å². The molecule has 1 aromatic carbocycles. The Morgan fingerprint density at radius 3 is 2.35 bits per heavy atom. The van der Waals surface area contributed by atoms with Gasteiger partial charge in [0.25, 0.3) is 0 Å². The highest BCUT2D eigenvalue weighted by molar-refractivity contribution is 9.10. The highest BCUT2D eigenvalue weighted by atomic mass is 79.9. The van der Waals surface area contributed by atoms with E-state index in [4.69, 9.17) is 5.73 Å². The molecule has 1 unspecified atom stereocenters. The molecule has 0 spiro atoms. The van der Waals surface area contributed by atoms with Gasteiger partial charge in [0.15, 0.2) is 0 Å². The summed E-state index contributed by atoms with van der Waals surface area (Å²) in [5.41, 5.74) is 7.29. The Morgan fingerprint density at radius 2 is 1.75 bits per heavy atom. The van der Waals surface area contributed by atoms with Gasteiger partial charge in [-0.1, -0.05) is 67.1 Å². The van der Waals surface area contributed by atoms with E-state index in [9.17, 15) is 0 Å². The standard InChI is InChI=1S/C17H29BrN2/c1-3-4-5-6-7-8-17(13-19)20(2)14-15-9-11-16(18)12-10-15/h9-12,17H,3-8,13-14,19H2,1-2H3. The molecule has 2 nitrogen and oxygen atoms in total. The van der Waals surface area contributed by atoms with Crippen LogP contribution >= 0.6 is 15.9 Å². The first-order valence-corrected chi connectivity index (χ1v) is 8.61. The lowest BCUT2D eigenvalue weighted by Gasteiger charge is -2.27. The van der Waals surface area contributed by atoms with Gasteiger partial charge in [0.05, 0.1) is 0 Å². The zero-order valence-corrected chi connectivity index (χ0v) is 14.5. The van der Waals surface area contributed by atoms with Crippen LogP contribution in [0, 0.1) is 0 Å². The summed E-state index contributed by atoms with van der Waals surface area (Å²) in [6, 6.07) is 9.06. The molecule has 114 valence electrons. The zero-order valence-electron chi connectivity index (χ0n) is 12.9. The molecule has 1 rings (SSSR count). The van der Waals surface area contributed by atoms with E-state index in [1.165, 1.54) is 44.1 Å². The van der Waals surface area contributed by atoms with Crippen molar-refractivity contribution in [3.05, 3.63) is 34.3 Å². The predicted octanol–water partition coefficient (Wildman–Crippen LogP) is 4.57. The Hall–Kier alpha value is -0.380. The van der Waals surface area contributed by atoms with Crippen LogP contribution in [0.15, 0.2) is 28.7 Å². The van der Waals surface area contributed by atoms with Crippen molar-refractivity contribution >= 4 is 15.9 Å². The number of benzene rings is 1. The zero-order chi connectivity index (χ0) is 14.8. The van der Waals surface area contributed by atoms with E-state index >= 15 is 0 Å². The molecule has 20 heavy (non-hydrogen) atoms. The molecule has 0 aliphatic heterocycles. The molecule has 0 amide bonds. The molecule has 0 aliphatic carbocycles. The number of hydrogen-bond acceptors (Lipinski definition) is 2. The number of nitrogens with zero attached hydrogens (tertiary/aromatic N) is 1. The molecule has 0 saturated carbocycles. The molecule has 3 heteroatoms. The fourth-order valence-electron chi connectivity index (χ4n) is 2.51. The SMILES string of the molecule is CCCCCCCC(CN)N(C)Cc1ccc(Br)cc1. The number of halogens is 1. The van der Waals surface area contributed by atoms with Gasteiger partial charge < -0.3 is 5.73 Å². The Labute approximate surface area is 132 Å². The molecule has 0 heterocycles. The van der Waals surface area contributed by atoms with Crippen molar-refractivity contribution in [3.8, 4) is 0 Å². The van der Waals surface area contributed by atoms with Crippen LogP contribution in [0.2, 0.25) is 0 Å². The fraction of sp³-hybridized carbons (Fsp3) is 0.647. The lowest BCUT2D eigenvalue weighted by atomic mass is 10.0. The minimum Gasteiger partial charge on any atom is -0.329 e. The van der Waals surface area contributed by atoms with Crippen LogP contribution in [0.4, 0.5) is 0 Å². The Morgan fingerprint density at radius 1 is 1.10 bits per heavy atom. The maximum absolute atomic E-state index is 5.94. The minimum absolute atomic E-state index is 0.500. The van der Waals surface area contributed by atoms with Gasteiger partial charge in [-0.2, -0.15) is 0 Å². The van der Waals surface area contributed by atoms with Crippen molar-refractivity contribution in [1.82, 2.24) is 4.90 Å². The van der Waals surface area contributed by atoms with E-state index in [1.54, 1.807) is 0 Å². The Kier molecular flexibility index (Phi) is 9.16. The number of likely N-dealkylation sites (N-methyl/N-ethyl adjacent to an activating group) is 1. The van der Waals surface area contributed by atoms with Crippen LogP contribution in [-0.4, -0.2) is 24.5 Å². The predicted molar refractivity (Wildman–Crippen MR) is 91.8 cm³/mol. The molecule has 1 aromatic rings. The maximum atomic E-state index is 5.94. The van der Waals surface area contributed by atoms with Gasteiger partial charge in [0.2, 0.25) is 0 Å². The van der Waals surface area contributed by atoms with Crippen molar-refractivity contribution in [2.24, 2.45) is 5.73 Å². The number of hydrogen-bond donors (Lipinski definition) is 1. The smallest absolute Gasteiger partial charge is 0.0234 e. The highest BCUT2D eigenvalue weighted by Gasteiger charge is 2.12. The van der Waals surface area contributed by atoms with Crippen molar-refractivity contribution in [2.75, 3.05) is 13.6 Å². The van der Waals surface area contributed by atoms with Gasteiger partial charge in [0, 0.05) is 23.6 Å². The van der Waals surface area contributed by atoms with Crippen LogP contribution in [0.1, 0.15) is 51.0 Å². The Bertz CT molecular complexity index is 351. The van der Waals surface area contributed by atoms with Crippen LogP contribution in [0.5, 0.6) is 0 Å². The Balaban J connectivity index is 2.34. The van der Waals surface area contributed by atoms with Gasteiger partial charge in [0.1, 0.15) is 0 Å². The fourth-order valence-corrected chi connectivity index (χ4v) is 2.77. The summed E-state index contributed by atoms with van der Waals surface area (Å²) < 4.78 is 1.13. The van der Waals surface area contributed by atoms with Gasteiger partial charge >= 0.3 is 0 Å². The number of rotatable bonds is 10. The summed E-state index contributed by atoms with van der Waals surface area (Å²) in [5.74, 6) is 0. The first kappa shape index (κ1) is 17.7. The van der Waals surface area contributed by atoms with Crippen LogP contribution in [0.25, 0.3) is 0 Å². The maximum Gasteiger partial charge on any atom is 0.0234 e. The average molecular weight is 341 g/mol. The van der Waals surface area contributed by atoms with Crippen molar-refractivity contribution in [2.45, 2.75) is 58.0 Å². The molecule has 0 bridgehead atoms. The summed E-state index contributed by atoms with van der Waals surface area (Å²) in [5, 5.41) is 0. The van der Waals surface area contributed by atoms with Crippen LogP contribution in [-0.2, 0) is 6.54 Å². The van der Waals surface area contributed by atoms with E-state index in [0.717, 1.165) is 17.6 Å². The monoisotopic (exact) mass is 340 g/mol. The normalized spacial score (nSPS) is 12.8. The summed E-state index contributed by atoms with van der Waals surface area (Å²) in [6.07, 6.45) is 7.90. The van der Waals surface area contributed by atoms with Gasteiger partial charge in [-0.15, -0.1) is 0 Å². The largest absolute Gasteiger partial charge is 0.329 e. The topological polar surface area (TPSA) is 29.3 Å². The van der Waals surface area contributed by atoms with E-state index in [-0.39, 0.29) is 0 Å². The molecule has 0 saturated heterocycles. The lowest BCUT2D eigenvalue weighted by Crippen LogP contribution is -2.37. The first-order chi connectivity index (χ1) is 9.67. The summed E-state index contributed by atoms with van der Waals surface area (Å²) in [6.45, 7) is 3.99. The summed E-state index contributed by atoms with van der Waals surface area (Å²) in [4.78, 5) is 2.39. The number of nitrogens with two attached hydrogens (primary N) is 1. The molecular formula is C17H29BrN2. The van der Waals surface area contributed by atoms with E-state index in [2.05, 4.69) is 59.1 Å². The molecule has 0 fully saturated rings. The summed E-state index contributed by atoms with van der Waals surface area (Å²) >= 11 is 3.48. The third-order valence-corrected chi connectivity index (χ3v) is 4.41. The molecule has 1 atom stereocenters. The highest BCUT2D eigenvalue weighted by Crippen LogP contribution is 2.15. The second kappa shape index (κ2) is 10.4. The lowest BCUT2D eigenvalue weighted by molar-refractivity contribution is 0.222. The summed E-state index contributed by atoms with van der Waals surface area (Å²) in [7, 11) is 2.19. The van der Waals surface area contributed by atoms with E-state index in [1.807, 2.05) is 0 Å². The van der Waals surface area contributed by atoms with Crippen LogP contribution in [0.3, 0.4) is 0 Å². The second-order valence-electron chi connectivity index (χ2n) is 5.63. The second-order valence-corrected chi connectivity index (χ2v) is 6.55. The van der Waals surface area contributed by atoms with Gasteiger partial charge in [-0.05, 0) is 31.2 Å². The minimum atomic E-state index is 0.500. The quantitative estimate of drug-likeness (QED) is 0.632. The first-order valence-electron chi connectivity index (χ1n) is 7.82. The molecule has 2 N–H and O–H groups in total. The molecule has 0 radical (unpaired) electrons. The number of unbranched alkanes of at least 4 members (excludes halogenated alkanes) is 4. The molecule has 0 aliphatic rings. The third kappa shape index (κ3) is 6.87. The van der Waals surface area contributed by atoms with E-state index in [0.29, 0.717) is 6.04 Å². The molecule has 0 aromatic heterocycles. The third-order valence-electron chi connectivity index (χ3n) is 3.88. The van der Waals surface area contributed by atoms with Crippen molar-refractivity contribution in [1.29, 1.82) is 0 Å². The van der Waals surface area contributed by atoms with Crippen molar-refractivity contribution < 1.29 is 0 Å². The van der Waals surface area contributed by atoms with Gasteiger partial charge in [-0.3, -0.25) is 4.90 Å².